The molecule has 1 aromatic carbocycles. The zero-order chi connectivity index (χ0) is 18.6. The predicted molar refractivity (Wildman–Crippen MR) is 99.0 cm³/mol. The summed E-state index contributed by atoms with van der Waals surface area (Å²) in [4.78, 5) is 14.0. The Morgan fingerprint density at radius 3 is 2.52 bits per heavy atom. The number of piperidine rings is 1. The molecule has 0 spiro atoms. The Balaban J connectivity index is 2.08. The van der Waals surface area contributed by atoms with Gasteiger partial charge in [0.15, 0.2) is 0 Å². The maximum Gasteiger partial charge on any atom is 0.410 e. The first-order valence-electron chi connectivity index (χ1n) is 8.39. The summed E-state index contributed by atoms with van der Waals surface area (Å²) in [6, 6.07) is 3.63. The second kappa shape index (κ2) is 8.04. The van der Waals surface area contributed by atoms with Crippen LogP contribution in [0, 0.1) is 0 Å². The number of carbonyl (C=O) groups excluding carboxylic acids is 1. The fourth-order valence-corrected chi connectivity index (χ4v) is 3.02. The van der Waals surface area contributed by atoms with Gasteiger partial charge in [-0.2, -0.15) is 0 Å². The van der Waals surface area contributed by atoms with Crippen LogP contribution in [0.1, 0.15) is 33.6 Å². The van der Waals surface area contributed by atoms with Gasteiger partial charge in [-0.3, -0.25) is 0 Å². The summed E-state index contributed by atoms with van der Waals surface area (Å²) in [5.74, 6) is 1.21. The predicted octanol–water partition coefficient (Wildman–Crippen LogP) is 4.17. The maximum absolute atomic E-state index is 12.3. The van der Waals surface area contributed by atoms with Gasteiger partial charge in [0.05, 0.1) is 24.9 Å². The molecule has 2 rings (SSSR count). The Morgan fingerprint density at radius 2 is 1.92 bits per heavy atom. The highest BCUT2D eigenvalue weighted by Gasteiger charge is 2.28. The number of ether oxygens (including phenoxy) is 3. The summed E-state index contributed by atoms with van der Waals surface area (Å²) < 4.78 is 16.1. The molecule has 7 heteroatoms. The monoisotopic (exact) mass is 370 g/mol. The molecule has 1 atom stereocenters. The largest absolute Gasteiger partial charge is 0.495 e. The normalized spacial score (nSPS) is 17.8. The lowest BCUT2D eigenvalue weighted by Gasteiger charge is -2.35. The molecule has 0 bridgehead atoms. The first-order chi connectivity index (χ1) is 11.7. The van der Waals surface area contributed by atoms with Crippen LogP contribution in [-0.4, -0.2) is 49.9 Å². The third kappa shape index (κ3) is 5.33. The van der Waals surface area contributed by atoms with Crippen molar-refractivity contribution in [3.8, 4) is 11.5 Å². The number of nitrogens with zero attached hydrogens (tertiary/aromatic N) is 1. The number of hydrogen-bond donors (Lipinski definition) is 1. The number of methoxy groups -OCH3 is 2. The van der Waals surface area contributed by atoms with E-state index in [1.165, 1.54) is 0 Å². The number of anilines is 1. The molecule has 1 amide bonds. The Morgan fingerprint density at radius 1 is 1.24 bits per heavy atom. The third-order valence-corrected chi connectivity index (χ3v) is 4.20. The fourth-order valence-electron chi connectivity index (χ4n) is 2.78. The van der Waals surface area contributed by atoms with Crippen molar-refractivity contribution < 1.29 is 19.0 Å². The van der Waals surface area contributed by atoms with Gasteiger partial charge in [0.2, 0.25) is 0 Å². The van der Waals surface area contributed by atoms with Gasteiger partial charge in [-0.15, -0.1) is 0 Å². The van der Waals surface area contributed by atoms with E-state index >= 15 is 0 Å². The van der Waals surface area contributed by atoms with Crippen molar-refractivity contribution in [2.45, 2.75) is 45.3 Å². The van der Waals surface area contributed by atoms with Crippen LogP contribution in [0.2, 0.25) is 5.02 Å². The molecule has 6 nitrogen and oxygen atoms in total. The Bertz CT molecular complexity index is 616. The highest BCUT2D eigenvalue weighted by molar-refractivity contribution is 6.32. The first kappa shape index (κ1) is 19.5. The average Bonchev–Trinajstić information content (AvgIpc) is 2.54. The van der Waals surface area contributed by atoms with Gasteiger partial charge < -0.3 is 24.4 Å². The van der Waals surface area contributed by atoms with Gasteiger partial charge in [0, 0.05) is 25.2 Å². The summed E-state index contributed by atoms with van der Waals surface area (Å²) in [5, 5.41) is 3.93. The van der Waals surface area contributed by atoms with E-state index in [0.717, 1.165) is 18.5 Å². The van der Waals surface area contributed by atoms with E-state index in [4.69, 9.17) is 25.8 Å². The van der Waals surface area contributed by atoms with Crippen LogP contribution in [0.15, 0.2) is 12.1 Å². The summed E-state index contributed by atoms with van der Waals surface area (Å²) in [6.45, 7) is 6.88. The molecule has 0 radical (unpaired) electrons. The number of rotatable bonds is 4. The quantitative estimate of drug-likeness (QED) is 0.861. The molecular weight excluding hydrogens is 344 g/mol. The molecule has 1 N–H and O–H groups in total. The Labute approximate surface area is 154 Å². The standard InChI is InChI=1S/C18H27ClN2O4/c1-18(2,3)25-17(22)21-8-6-7-12(11-21)20-14-9-13(19)15(23-4)10-16(14)24-5/h9-10,12,20H,6-8,11H2,1-5H3. The van der Waals surface area contributed by atoms with Crippen LogP contribution in [0.3, 0.4) is 0 Å². The lowest BCUT2D eigenvalue weighted by molar-refractivity contribution is 0.0206. The number of halogens is 1. The van der Waals surface area contributed by atoms with Crippen LogP contribution in [0.4, 0.5) is 10.5 Å². The molecule has 1 aliphatic heterocycles. The molecule has 0 saturated carbocycles. The Hall–Kier alpha value is -1.82. The van der Waals surface area contributed by atoms with Gasteiger partial charge in [0.1, 0.15) is 17.1 Å². The fraction of sp³-hybridized carbons (Fsp3) is 0.611. The van der Waals surface area contributed by atoms with Crippen molar-refractivity contribution in [2.24, 2.45) is 0 Å². The van der Waals surface area contributed by atoms with E-state index in [0.29, 0.717) is 29.6 Å². The zero-order valence-corrected chi connectivity index (χ0v) is 16.3. The molecule has 140 valence electrons. The van der Waals surface area contributed by atoms with Crippen molar-refractivity contribution in [3.63, 3.8) is 0 Å². The van der Waals surface area contributed by atoms with Crippen molar-refractivity contribution in [1.29, 1.82) is 0 Å². The van der Waals surface area contributed by atoms with E-state index in [2.05, 4.69) is 5.32 Å². The molecule has 1 unspecified atom stereocenters. The van der Waals surface area contributed by atoms with E-state index in [9.17, 15) is 4.79 Å². The molecule has 1 fully saturated rings. The summed E-state index contributed by atoms with van der Waals surface area (Å²) >= 11 is 6.22. The molecular formula is C18H27ClN2O4. The number of carbonyl (C=O) groups is 1. The highest BCUT2D eigenvalue weighted by Crippen LogP contribution is 2.36. The van der Waals surface area contributed by atoms with Gasteiger partial charge in [-0.05, 0) is 39.7 Å². The minimum absolute atomic E-state index is 0.0969. The number of likely N-dealkylation sites (tertiary alicyclic amines) is 1. The van der Waals surface area contributed by atoms with E-state index in [1.54, 1.807) is 31.3 Å². The molecule has 25 heavy (non-hydrogen) atoms. The Kier molecular flexibility index (Phi) is 6.27. The lowest BCUT2D eigenvalue weighted by Crippen LogP contribution is -2.47. The highest BCUT2D eigenvalue weighted by atomic mass is 35.5. The van der Waals surface area contributed by atoms with Crippen LogP contribution < -0.4 is 14.8 Å². The maximum atomic E-state index is 12.3. The topological polar surface area (TPSA) is 60.0 Å². The van der Waals surface area contributed by atoms with Gasteiger partial charge >= 0.3 is 6.09 Å². The van der Waals surface area contributed by atoms with Crippen LogP contribution in [0.25, 0.3) is 0 Å². The molecule has 1 heterocycles. The lowest BCUT2D eigenvalue weighted by atomic mass is 10.1. The van der Waals surface area contributed by atoms with Crippen molar-refractivity contribution >= 4 is 23.4 Å². The zero-order valence-electron chi connectivity index (χ0n) is 15.5. The summed E-state index contributed by atoms with van der Waals surface area (Å²) in [7, 11) is 3.16. The van der Waals surface area contributed by atoms with Gasteiger partial charge in [-0.1, -0.05) is 11.6 Å². The number of benzene rings is 1. The first-order valence-corrected chi connectivity index (χ1v) is 8.77. The van der Waals surface area contributed by atoms with Crippen molar-refractivity contribution in [1.82, 2.24) is 4.90 Å². The molecule has 0 aliphatic carbocycles. The molecule has 1 aromatic rings. The second-order valence-corrected chi connectivity index (χ2v) is 7.50. The molecule has 1 saturated heterocycles. The van der Waals surface area contributed by atoms with Crippen molar-refractivity contribution in [3.05, 3.63) is 17.2 Å². The molecule has 0 aromatic heterocycles. The van der Waals surface area contributed by atoms with E-state index < -0.39 is 5.60 Å². The average molecular weight is 371 g/mol. The van der Waals surface area contributed by atoms with Crippen LogP contribution in [0.5, 0.6) is 11.5 Å². The summed E-state index contributed by atoms with van der Waals surface area (Å²) in [5.41, 5.74) is 0.286. The van der Waals surface area contributed by atoms with Crippen LogP contribution in [-0.2, 0) is 4.74 Å². The number of amides is 1. The minimum Gasteiger partial charge on any atom is -0.495 e. The smallest absolute Gasteiger partial charge is 0.410 e. The summed E-state index contributed by atoms with van der Waals surface area (Å²) in [6.07, 6.45) is 1.58. The number of hydrogen-bond acceptors (Lipinski definition) is 5. The molecule has 1 aliphatic rings. The second-order valence-electron chi connectivity index (χ2n) is 7.10. The third-order valence-electron chi connectivity index (χ3n) is 3.91. The number of nitrogens with one attached hydrogen (secondary N) is 1. The van der Waals surface area contributed by atoms with Crippen molar-refractivity contribution in [2.75, 3.05) is 32.6 Å². The SMILES string of the molecule is COc1cc(OC)c(NC2CCCN(C(=O)OC(C)(C)C)C2)cc1Cl. The van der Waals surface area contributed by atoms with E-state index in [-0.39, 0.29) is 12.1 Å². The van der Waals surface area contributed by atoms with Gasteiger partial charge in [-0.25, -0.2) is 4.79 Å². The van der Waals surface area contributed by atoms with E-state index in [1.807, 2.05) is 20.8 Å². The minimum atomic E-state index is -0.496. The van der Waals surface area contributed by atoms with Crippen LogP contribution >= 0.6 is 11.6 Å². The van der Waals surface area contributed by atoms with Gasteiger partial charge in [0.25, 0.3) is 0 Å².